The van der Waals surface area contributed by atoms with Crippen LogP contribution in [-0.2, 0) is 11.2 Å². The lowest BCUT2D eigenvalue weighted by Gasteiger charge is -2.11. The monoisotopic (exact) mass is 247 g/mol. The third kappa shape index (κ3) is 2.94. The molecule has 4 heteroatoms. The van der Waals surface area contributed by atoms with Gasteiger partial charge in [0.25, 0.3) is 0 Å². The van der Waals surface area contributed by atoms with Crippen LogP contribution < -0.4 is 16.4 Å². The number of fused-ring (bicyclic) bond motifs is 1. The molecule has 0 saturated carbocycles. The van der Waals surface area contributed by atoms with Gasteiger partial charge in [-0.3, -0.25) is 4.79 Å². The molecular formula is C14H21N3O. The predicted octanol–water partition coefficient (Wildman–Crippen LogP) is 2.76. The summed E-state index contributed by atoms with van der Waals surface area (Å²) in [5.41, 5.74) is 9.51. The molecule has 0 spiro atoms. The van der Waals surface area contributed by atoms with Crippen molar-refractivity contribution in [1.29, 1.82) is 0 Å². The van der Waals surface area contributed by atoms with Gasteiger partial charge in [-0.05, 0) is 24.1 Å². The van der Waals surface area contributed by atoms with Crippen molar-refractivity contribution in [3.63, 3.8) is 0 Å². The molecule has 18 heavy (non-hydrogen) atoms. The maximum Gasteiger partial charge on any atom is 0.228 e. The van der Waals surface area contributed by atoms with Crippen molar-refractivity contribution >= 4 is 23.0 Å². The second kappa shape index (κ2) is 5.76. The van der Waals surface area contributed by atoms with Crippen LogP contribution in [0.5, 0.6) is 0 Å². The van der Waals surface area contributed by atoms with Gasteiger partial charge in [-0.1, -0.05) is 26.2 Å². The summed E-state index contributed by atoms with van der Waals surface area (Å²) in [6.07, 6.45) is 5.35. The van der Waals surface area contributed by atoms with Crippen molar-refractivity contribution < 1.29 is 4.79 Å². The first-order valence-electron chi connectivity index (χ1n) is 6.67. The molecular weight excluding hydrogens is 226 g/mol. The highest BCUT2D eigenvalue weighted by Crippen LogP contribution is 2.31. The zero-order chi connectivity index (χ0) is 13.0. The Kier molecular flexibility index (Phi) is 4.07. The van der Waals surface area contributed by atoms with E-state index in [9.17, 15) is 4.79 Å². The van der Waals surface area contributed by atoms with Gasteiger partial charge >= 0.3 is 0 Å². The standard InChI is InChI=1S/C14H21N3O/c1-2-3-4-5-6-16-13-9-12-10(7-11(13)15)8-14(18)17-12/h7,9,16H,2-6,8,15H2,1H3,(H,17,18). The minimum Gasteiger partial charge on any atom is -0.397 e. The molecule has 1 aliphatic rings. The molecule has 0 atom stereocenters. The normalized spacial score (nSPS) is 13.3. The summed E-state index contributed by atoms with van der Waals surface area (Å²) in [5, 5.41) is 6.18. The molecule has 1 aliphatic heterocycles. The number of benzene rings is 1. The highest BCUT2D eigenvalue weighted by atomic mass is 16.1. The van der Waals surface area contributed by atoms with Crippen molar-refractivity contribution in [3.05, 3.63) is 17.7 Å². The van der Waals surface area contributed by atoms with Gasteiger partial charge in [0.2, 0.25) is 5.91 Å². The zero-order valence-electron chi connectivity index (χ0n) is 10.9. The van der Waals surface area contributed by atoms with Crippen LogP contribution in [0.15, 0.2) is 12.1 Å². The lowest BCUT2D eigenvalue weighted by atomic mass is 10.1. The number of carbonyl (C=O) groups excluding carboxylic acids is 1. The van der Waals surface area contributed by atoms with Crippen LogP contribution in [0, 0.1) is 0 Å². The molecule has 2 rings (SSSR count). The van der Waals surface area contributed by atoms with Crippen molar-refractivity contribution in [2.75, 3.05) is 22.9 Å². The van der Waals surface area contributed by atoms with Crippen molar-refractivity contribution in [2.45, 2.75) is 39.0 Å². The molecule has 0 unspecified atom stereocenters. The summed E-state index contributed by atoms with van der Waals surface area (Å²) >= 11 is 0. The predicted molar refractivity (Wildman–Crippen MR) is 75.8 cm³/mol. The van der Waals surface area contributed by atoms with Crippen LogP contribution in [-0.4, -0.2) is 12.5 Å². The van der Waals surface area contributed by atoms with Gasteiger partial charge < -0.3 is 16.4 Å². The van der Waals surface area contributed by atoms with Gasteiger partial charge in [0.15, 0.2) is 0 Å². The number of amides is 1. The molecule has 1 aromatic rings. The molecule has 0 bridgehead atoms. The van der Waals surface area contributed by atoms with E-state index < -0.39 is 0 Å². The van der Waals surface area contributed by atoms with Crippen LogP contribution >= 0.6 is 0 Å². The van der Waals surface area contributed by atoms with Gasteiger partial charge in [-0.2, -0.15) is 0 Å². The molecule has 0 radical (unpaired) electrons. The number of nitrogens with one attached hydrogen (secondary N) is 2. The van der Waals surface area contributed by atoms with Crippen LogP contribution in [0.2, 0.25) is 0 Å². The molecule has 1 amide bonds. The Morgan fingerprint density at radius 1 is 1.33 bits per heavy atom. The Labute approximate surface area is 108 Å². The molecule has 4 nitrogen and oxygen atoms in total. The Morgan fingerprint density at radius 3 is 2.94 bits per heavy atom. The Morgan fingerprint density at radius 2 is 2.17 bits per heavy atom. The number of nitrogen functional groups attached to an aromatic ring is 1. The fraction of sp³-hybridized carbons (Fsp3) is 0.500. The SMILES string of the molecule is CCCCCCNc1cc2c(cc1N)CC(=O)N2. The number of rotatable bonds is 6. The van der Waals surface area contributed by atoms with E-state index in [1.807, 2.05) is 12.1 Å². The number of hydrogen-bond donors (Lipinski definition) is 3. The Balaban J connectivity index is 1.93. The smallest absolute Gasteiger partial charge is 0.228 e. The number of hydrogen-bond acceptors (Lipinski definition) is 3. The molecule has 0 saturated heterocycles. The van der Waals surface area contributed by atoms with Crippen molar-refractivity contribution in [1.82, 2.24) is 0 Å². The third-order valence-corrected chi connectivity index (χ3v) is 3.25. The minimum atomic E-state index is 0.0458. The molecule has 0 aliphatic carbocycles. The first kappa shape index (κ1) is 12.7. The molecule has 1 heterocycles. The van der Waals surface area contributed by atoms with Gasteiger partial charge in [0.1, 0.15) is 0 Å². The van der Waals surface area contributed by atoms with E-state index in [1.54, 1.807) is 0 Å². The second-order valence-electron chi connectivity index (χ2n) is 4.81. The maximum absolute atomic E-state index is 11.3. The summed E-state index contributed by atoms with van der Waals surface area (Å²) in [5.74, 6) is 0.0458. The zero-order valence-corrected chi connectivity index (χ0v) is 10.9. The summed E-state index contributed by atoms with van der Waals surface area (Å²) in [6, 6.07) is 3.83. The average molecular weight is 247 g/mol. The third-order valence-electron chi connectivity index (χ3n) is 3.25. The Bertz CT molecular complexity index is 443. The summed E-state index contributed by atoms with van der Waals surface area (Å²) < 4.78 is 0. The fourth-order valence-electron chi connectivity index (χ4n) is 2.22. The number of unbranched alkanes of at least 4 members (excludes halogenated alkanes) is 3. The van der Waals surface area contributed by atoms with E-state index in [0.29, 0.717) is 6.42 Å². The van der Waals surface area contributed by atoms with Crippen LogP contribution in [0.3, 0.4) is 0 Å². The van der Waals surface area contributed by atoms with Crippen LogP contribution in [0.1, 0.15) is 38.2 Å². The molecule has 98 valence electrons. The summed E-state index contributed by atoms with van der Waals surface area (Å²) in [4.78, 5) is 11.3. The highest BCUT2D eigenvalue weighted by molar-refractivity contribution is 6.00. The molecule has 0 aromatic heterocycles. The quantitative estimate of drug-likeness (QED) is 0.535. The summed E-state index contributed by atoms with van der Waals surface area (Å²) in [7, 11) is 0. The number of anilines is 3. The van der Waals surface area contributed by atoms with Gasteiger partial charge in [0.05, 0.1) is 17.8 Å². The van der Waals surface area contributed by atoms with E-state index in [0.717, 1.165) is 35.6 Å². The molecule has 4 N–H and O–H groups in total. The Hall–Kier alpha value is -1.71. The average Bonchev–Trinajstić information content (AvgIpc) is 2.68. The molecule has 0 fully saturated rings. The highest BCUT2D eigenvalue weighted by Gasteiger charge is 2.18. The number of carbonyl (C=O) groups is 1. The van der Waals surface area contributed by atoms with Crippen molar-refractivity contribution in [2.24, 2.45) is 0 Å². The second-order valence-corrected chi connectivity index (χ2v) is 4.81. The van der Waals surface area contributed by atoms with Gasteiger partial charge in [-0.15, -0.1) is 0 Å². The van der Waals surface area contributed by atoms with E-state index >= 15 is 0 Å². The minimum absolute atomic E-state index is 0.0458. The van der Waals surface area contributed by atoms with E-state index in [1.165, 1.54) is 19.3 Å². The lowest BCUT2D eigenvalue weighted by molar-refractivity contribution is -0.115. The maximum atomic E-state index is 11.3. The fourth-order valence-corrected chi connectivity index (χ4v) is 2.22. The summed E-state index contributed by atoms with van der Waals surface area (Å²) in [6.45, 7) is 3.13. The van der Waals surface area contributed by atoms with Crippen LogP contribution in [0.25, 0.3) is 0 Å². The van der Waals surface area contributed by atoms with E-state index in [4.69, 9.17) is 5.73 Å². The van der Waals surface area contributed by atoms with E-state index in [-0.39, 0.29) is 5.91 Å². The van der Waals surface area contributed by atoms with Crippen LogP contribution in [0.4, 0.5) is 17.1 Å². The lowest BCUT2D eigenvalue weighted by Crippen LogP contribution is -2.05. The largest absolute Gasteiger partial charge is 0.397 e. The van der Waals surface area contributed by atoms with E-state index in [2.05, 4.69) is 17.6 Å². The van der Waals surface area contributed by atoms with Gasteiger partial charge in [0, 0.05) is 12.2 Å². The first-order chi connectivity index (χ1) is 8.70. The number of nitrogens with two attached hydrogens (primary N) is 1. The van der Waals surface area contributed by atoms with Crippen molar-refractivity contribution in [3.8, 4) is 0 Å². The first-order valence-corrected chi connectivity index (χ1v) is 6.67. The molecule has 1 aromatic carbocycles. The topological polar surface area (TPSA) is 67.1 Å². The van der Waals surface area contributed by atoms with Gasteiger partial charge in [-0.25, -0.2) is 0 Å².